The Morgan fingerprint density at radius 1 is 0.694 bits per heavy atom. The standard InChI is InChI=1S/C17H21BrN4O2.C9H18N2O2.C8H4BrClN2/c1-17(2,3)24-16(23)22-8-6-21(7-9-22)15-11-19-13-5-4-12(18)10-14(13)20-15;1-9(2,3)13-8(12)11-6-4-10-5-7-11;9-5-1-2-6-7(3-5)12-8(10)4-11-6/h4-5,10-11H,6-9H2,1-3H3;10H,4-7H2,1-3H3;1-4H. The monoisotopic (exact) mass is 820 g/mol. The van der Waals surface area contributed by atoms with Gasteiger partial charge in [0.15, 0.2) is 0 Å². The third-order valence-electron chi connectivity index (χ3n) is 6.99. The second-order valence-electron chi connectivity index (χ2n) is 13.4. The molecular weight excluding hydrogens is 780 g/mol. The first-order valence-corrected chi connectivity index (χ1v) is 17.9. The van der Waals surface area contributed by atoms with E-state index in [0.717, 1.165) is 63.0 Å². The second kappa shape index (κ2) is 17.1. The lowest BCUT2D eigenvalue weighted by Gasteiger charge is -2.36. The summed E-state index contributed by atoms with van der Waals surface area (Å²) >= 11 is 12.5. The Balaban J connectivity index is 0.000000182. The van der Waals surface area contributed by atoms with Gasteiger partial charge in [-0.1, -0.05) is 43.5 Å². The SMILES string of the molecule is CC(C)(C)OC(=O)N1CCN(c2cnc3ccc(Br)cc3n2)CC1.CC(C)(C)OC(=O)N1CCNCC1.Clc1cnc2ccc(Br)cc2n1. The minimum atomic E-state index is -0.467. The van der Waals surface area contributed by atoms with Crippen molar-refractivity contribution in [2.45, 2.75) is 52.7 Å². The number of carbonyl (C=O) groups is 2. The molecule has 1 N–H and O–H groups in total. The molecule has 0 unspecified atom stereocenters. The van der Waals surface area contributed by atoms with Crippen LogP contribution in [0.5, 0.6) is 0 Å². The summed E-state index contributed by atoms with van der Waals surface area (Å²) in [6.45, 7) is 17.2. The molecule has 2 saturated heterocycles. The number of benzene rings is 2. The minimum absolute atomic E-state index is 0.200. The number of rotatable bonds is 1. The third-order valence-corrected chi connectivity index (χ3v) is 8.16. The molecule has 2 aromatic heterocycles. The maximum atomic E-state index is 12.1. The van der Waals surface area contributed by atoms with Crippen molar-refractivity contribution >= 4 is 83.5 Å². The summed E-state index contributed by atoms with van der Waals surface area (Å²) < 4.78 is 12.6. The van der Waals surface area contributed by atoms with E-state index >= 15 is 0 Å². The van der Waals surface area contributed by atoms with Crippen LogP contribution < -0.4 is 10.2 Å². The van der Waals surface area contributed by atoms with Crippen molar-refractivity contribution in [2.75, 3.05) is 57.3 Å². The number of nitrogens with zero attached hydrogens (tertiary/aromatic N) is 7. The molecular formula is C34H43Br2ClN8O4. The number of anilines is 1. The largest absolute Gasteiger partial charge is 0.444 e. The molecule has 49 heavy (non-hydrogen) atoms. The van der Waals surface area contributed by atoms with Crippen molar-refractivity contribution < 1.29 is 19.1 Å². The van der Waals surface area contributed by atoms with E-state index in [2.05, 4.69) is 62.0 Å². The van der Waals surface area contributed by atoms with Crippen molar-refractivity contribution in [3.63, 3.8) is 0 Å². The van der Waals surface area contributed by atoms with Gasteiger partial charge in [0.05, 0.1) is 34.5 Å². The molecule has 0 saturated carbocycles. The number of hydrogen-bond acceptors (Lipinski definition) is 10. The Hall–Kier alpha value is -3.33. The molecule has 0 aliphatic carbocycles. The molecule has 4 aromatic rings. The summed E-state index contributed by atoms with van der Waals surface area (Å²) in [7, 11) is 0. The maximum absolute atomic E-state index is 12.1. The Bertz CT molecular complexity index is 1700. The molecule has 0 radical (unpaired) electrons. The Labute approximate surface area is 309 Å². The summed E-state index contributed by atoms with van der Waals surface area (Å²) in [5.41, 5.74) is 2.53. The molecule has 6 rings (SSSR count). The molecule has 12 nitrogen and oxygen atoms in total. The van der Waals surface area contributed by atoms with Crippen molar-refractivity contribution in [3.8, 4) is 0 Å². The predicted octanol–water partition coefficient (Wildman–Crippen LogP) is 7.32. The molecule has 2 aliphatic heterocycles. The van der Waals surface area contributed by atoms with Gasteiger partial charge < -0.3 is 29.5 Å². The van der Waals surface area contributed by atoms with E-state index in [1.54, 1.807) is 16.0 Å². The van der Waals surface area contributed by atoms with E-state index in [-0.39, 0.29) is 17.8 Å². The lowest BCUT2D eigenvalue weighted by atomic mass is 10.2. The molecule has 0 atom stereocenters. The van der Waals surface area contributed by atoms with Gasteiger partial charge >= 0.3 is 12.2 Å². The number of hydrogen-bond donors (Lipinski definition) is 1. The molecule has 2 aliphatic rings. The van der Waals surface area contributed by atoms with Gasteiger partial charge in [-0.2, -0.15) is 0 Å². The van der Waals surface area contributed by atoms with Gasteiger partial charge in [-0.15, -0.1) is 0 Å². The van der Waals surface area contributed by atoms with Crippen molar-refractivity contribution in [2.24, 2.45) is 0 Å². The molecule has 2 aromatic carbocycles. The first-order chi connectivity index (χ1) is 23.1. The zero-order valence-corrected chi connectivity index (χ0v) is 32.6. The van der Waals surface area contributed by atoms with Crippen LogP contribution in [0.25, 0.3) is 22.1 Å². The van der Waals surface area contributed by atoms with E-state index in [1.807, 2.05) is 77.9 Å². The number of amides is 2. The van der Waals surface area contributed by atoms with Crippen LogP contribution in [0.3, 0.4) is 0 Å². The highest BCUT2D eigenvalue weighted by Crippen LogP contribution is 2.21. The van der Waals surface area contributed by atoms with E-state index in [9.17, 15) is 9.59 Å². The number of ether oxygens (including phenoxy) is 2. The highest BCUT2D eigenvalue weighted by Gasteiger charge is 2.27. The normalized spacial score (nSPS) is 15.2. The number of carbonyl (C=O) groups excluding carboxylic acids is 2. The average Bonchev–Trinajstić information content (AvgIpc) is 3.04. The van der Waals surface area contributed by atoms with Gasteiger partial charge in [-0.05, 0) is 77.9 Å². The molecule has 15 heteroatoms. The van der Waals surface area contributed by atoms with Gasteiger partial charge in [0.2, 0.25) is 0 Å². The summed E-state index contributed by atoms with van der Waals surface area (Å²) in [4.78, 5) is 46.6. The number of fused-ring (bicyclic) bond motifs is 2. The fraction of sp³-hybridized carbons (Fsp3) is 0.471. The maximum Gasteiger partial charge on any atom is 0.410 e. The smallest absolute Gasteiger partial charge is 0.410 e. The zero-order chi connectivity index (χ0) is 35.8. The molecule has 264 valence electrons. The fourth-order valence-corrected chi connectivity index (χ4v) is 5.55. The Morgan fingerprint density at radius 3 is 1.67 bits per heavy atom. The molecule has 2 fully saturated rings. The first-order valence-electron chi connectivity index (χ1n) is 16.0. The van der Waals surface area contributed by atoms with Gasteiger partial charge in [-0.3, -0.25) is 9.97 Å². The lowest BCUT2D eigenvalue weighted by molar-refractivity contribution is 0.0223. The van der Waals surface area contributed by atoms with Crippen LogP contribution in [0.15, 0.2) is 57.7 Å². The zero-order valence-electron chi connectivity index (χ0n) is 28.7. The quantitative estimate of drug-likeness (QED) is 0.209. The van der Waals surface area contributed by atoms with Crippen LogP contribution in [0, 0.1) is 0 Å². The molecule has 4 heterocycles. The summed E-state index contributed by atoms with van der Waals surface area (Å²) in [6, 6.07) is 11.6. The Kier molecular flexibility index (Phi) is 13.4. The highest BCUT2D eigenvalue weighted by molar-refractivity contribution is 9.10. The summed E-state index contributed by atoms with van der Waals surface area (Å²) in [5, 5.41) is 3.60. The molecule has 2 amide bonds. The van der Waals surface area contributed by atoms with E-state index in [4.69, 9.17) is 21.1 Å². The topological polar surface area (TPSA) is 126 Å². The van der Waals surface area contributed by atoms with Crippen LogP contribution in [0.2, 0.25) is 5.15 Å². The van der Waals surface area contributed by atoms with Gasteiger partial charge in [-0.25, -0.2) is 19.6 Å². The van der Waals surface area contributed by atoms with Crippen LogP contribution in [-0.4, -0.2) is 105 Å². The lowest BCUT2D eigenvalue weighted by Crippen LogP contribution is -2.50. The predicted molar refractivity (Wildman–Crippen MR) is 200 cm³/mol. The number of piperazine rings is 2. The second-order valence-corrected chi connectivity index (χ2v) is 15.6. The van der Waals surface area contributed by atoms with Gasteiger partial charge in [0.25, 0.3) is 0 Å². The summed E-state index contributed by atoms with van der Waals surface area (Å²) in [5.74, 6) is 0.837. The highest BCUT2D eigenvalue weighted by atomic mass is 79.9. The van der Waals surface area contributed by atoms with Crippen molar-refractivity contribution in [1.29, 1.82) is 0 Å². The number of nitrogens with one attached hydrogen (secondary N) is 1. The average molecular weight is 823 g/mol. The van der Waals surface area contributed by atoms with Crippen molar-refractivity contribution in [1.82, 2.24) is 35.1 Å². The third kappa shape index (κ3) is 12.5. The summed E-state index contributed by atoms with van der Waals surface area (Å²) in [6.07, 6.45) is 2.88. The van der Waals surface area contributed by atoms with Crippen LogP contribution in [-0.2, 0) is 9.47 Å². The van der Waals surface area contributed by atoms with Gasteiger partial charge in [0, 0.05) is 61.3 Å². The van der Waals surface area contributed by atoms with E-state index in [0.29, 0.717) is 31.3 Å². The molecule has 0 spiro atoms. The van der Waals surface area contributed by atoms with E-state index < -0.39 is 5.60 Å². The van der Waals surface area contributed by atoms with Crippen molar-refractivity contribution in [3.05, 3.63) is 62.9 Å². The van der Waals surface area contributed by atoms with Crippen LogP contribution in [0.1, 0.15) is 41.5 Å². The number of aromatic nitrogens is 4. The fourth-order valence-electron chi connectivity index (χ4n) is 4.71. The Morgan fingerprint density at radius 2 is 1.16 bits per heavy atom. The molecule has 0 bridgehead atoms. The number of halogens is 3. The minimum Gasteiger partial charge on any atom is -0.444 e. The van der Waals surface area contributed by atoms with Crippen LogP contribution >= 0.6 is 43.5 Å². The van der Waals surface area contributed by atoms with Crippen LogP contribution in [0.4, 0.5) is 15.4 Å². The van der Waals surface area contributed by atoms with E-state index in [1.165, 1.54) is 6.20 Å². The van der Waals surface area contributed by atoms with Gasteiger partial charge in [0.1, 0.15) is 22.2 Å². The first kappa shape index (κ1) is 38.5.